The normalized spacial score (nSPS) is 19.7. The van der Waals surface area contributed by atoms with E-state index in [2.05, 4.69) is 10.7 Å². The summed E-state index contributed by atoms with van der Waals surface area (Å²) >= 11 is 0. The SMILES string of the molecule is COc1ccc(C2CC3C(=O)N(CC(=O)NCc4ccc(C)cc4)C=CN3N2)cc1OC. The number of aryl methyl sites for hydroxylation is 1. The maximum absolute atomic E-state index is 13.0. The van der Waals surface area contributed by atoms with Gasteiger partial charge in [0.25, 0.3) is 5.91 Å². The smallest absolute Gasteiger partial charge is 0.251 e. The molecule has 1 fully saturated rings. The van der Waals surface area contributed by atoms with Crippen molar-refractivity contribution in [1.29, 1.82) is 0 Å². The highest BCUT2D eigenvalue weighted by Gasteiger charge is 2.40. The number of methoxy groups -OCH3 is 2. The van der Waals surface area contributed by atoms with Gasteiger partial charge in [0.05, 0.1) is 20.3 Å². The Morgan fingerprint density at radius 2 is 1.84 bits per heavy atom. The molecule has 2 aromatic rings. The van der Waals surface area contributed by atoms with E-state index in [4.69, 9.17) is 9.47 Å². The van der Waals surface area contributed by atoms with Crippen molar-refractivity contribution in [1.82, 2.24) is 20.7 Å². The molecule has 168 valence electrons. The molecule has 2 heterocycles. The van der Waals surface area contributed by atoms with Gasteiger partial charge >= 0.3 is 0 Å². The highest BCUT2D eigenvalue weighted by molar-refractivity contribution is 5.89. The zero-order valence-electron chi connectivity index (χ0n) is 18.5. The van der Waals surface area contributed by atoms with Crippen LogP contribution in [0.2, 0.25) is 0 Å². The maximum atomic E-state index is 13.0. The van der Waals surface area contributed by atoms with Crippen molar-refractivity contribution in [2.24, 2.45) is 0 Å². The van der Waals surface area contributed by atoms with Crippen molar-refractivity contribution >= 4 is 11.8 Å². The van der Waals surface area contributed by atoms with Gasteiger partial charge in [0.1, 0.15) is 12.6 Å². The van der Waals surface area contributed by atoms with Crippen LogP contribution in [-0.4, -0.2) is 48.5 Å². The van der Waals surface area contributed by atoms with Crippen LogP contribution in [0.4, 0.5) is 0 Å². The van der Waals surface area contributed by atoms with Crippen molar-refractivity contribution in [2.75, 3.05) is 20.8 Å². The largest absolute Gasteiger partial charge is 0.493 e. The molecule has 4 rings (SSSR count). The molecule has 32 heavy (non-hydrogen) atoms. The molecule has 2 aromatic carbocycles. The van der Waals surface area contributed by atoms with Crippen LogP contribution in [0.15, 0.2) is 54.9 Å². The van der Waals surface area contributed by atoms with Gasteiger partial charge in [0.2, 0.25) is 5.91 Å². The Balaban J connectivity index is 1.36. The minimum absolute atomic E-state index is 0.00738. The Kier molecular flexibility index (Phi) is 6.32. The number of ether oxygens (including phenoxy) is 2. The van der Waals surface area contributed by atoms with Crippen LogP contribution in [0.3, 0.4) is 0 Å². The van der Waals surface area contributed by atoms with Gasteiger partial charge in [-0.15, -0.1) is 0 Å². The predicted molar refractivity (Wildman–Crippen MR) is 120 cm³/mol. The molecule has 8 heteroatoms. The summed E-state index contributed by atoms with van der Waals surface area (Å²) in [5.41, 5.74) is 6.55. The van der Waals surface area contributed by atoms with E-state index in [1.807, 2.05) is 54.4 Å². The molecule has 2 N–H and O–H groups in total. The van der Waals surface area contributed by atoms with E-state index in [1.54, 1.807) is 26.6 Å². The van der Waals surface area contributed by atoms with Crippen LogP contribution in [0.5, 0.6) is 11.5 Å². The van der Waals surface area contributed by atoms with Crippen LogP contribution in [0.1, 0.15) is 29.2 Å². The maximum Gasteiger partial charge on any atom is 0.251 e. The summed E-state index contributed by atoms with van der Waals surface area (Å²) in [7, 11) is 3.20. The minimum atomic E-state index is -0.372. The van der Waals surface area contributed by atoms with Crippen LogP contribution in [-0.2, 0) is 16.1 Å². The Morgan fingerprint density at radius 1 is 1.09 bits per heavy atom. The number of hydrogen-bond donors (Lipinski definition) is 2. The van der Waals surface area contributed by atoms with Gasteiger partial charge in [-0.2, -0.15) is 0 Å². The fourth-order valence-corrected chi connectivity index (χ4v) is 3.97. The lowest BCUT2D eigenvalue weighted by Crippen LogP contribution is -2.50. The molecule has 2 atom stereocenters. The molecule has 0 radical (unpaired) electrons. The zero-order chi connectivity index (χ0) is 22.7. The fraction of sp³-hybridized carbons (Fsp3) is 0.333. The molecule has 1 saturated heterocycles. The number of nitrogens with zero attached hydrogens (tertiary/aromatic N) is 2. The molecule has 2 aliphatic heterocycles. The van der Waals surface area contributed by atoms with E-state index in [1.165, 1.54) is 10.5 Å². The first-order valence-corrected chi connectivity index (χ1v) is 10.6. The topological polar surface area (TPSA) is 83.1 Å². The van der Waals surface area contributed by atoms with Gasteiger partial charge in [0.15, 0.2) is 11.5 Å². The van der Waals surface area contributed by atoms with Crippen molar-refractivity contribution in [3.8, 4) is 11.5 Å². The molecule has 2 amide bonds. The fourth-order valence-electron chi connectivity index (χ4n) is 3.97. The molecule has 0 saturated carbocycles. The van der Waals surface area contributed by atoms with Crippen molar-refractivity contribution in [2.45, 2.75) is 32.0 Å². The summed E-state index contributed by atoms with van der Waals surface area (Å²) in [5.74, 6) is 1.00. The van der Waals surface area contributed by atoms with E-state index < -0.39 is 0 Å². The zero-order valence-corrected chi connectivity index (χ0v) is 18.5. The summed E-state index contributed by atoms with van der Waals surface area (Å²) in [4.78, 5) is 26.9. The highest BCUT2D eigenvalue weighted by Crippen LogP contribution is 2.35. The lowest BCUT2D eigenvalue weighted by atomic mass is 10.0. The third kappa shape index (κ3) is 4.55. The lowest BCUT2D eigenvalue weighted by Gasteiger charge is -2.31. The second kappa shape index (κ2) is 9.32. The number of fused-ring (bicyclic) bond motifs is 1. The number of carbonyl (C=O) groups is 2. The van der Waals surface area contributed by atoms with Crippen LogP contribution < -0.4 is 20.2 Å². The average Bonchev–Trinajstić information content (AvgIpc) is 3.25. The molecular formula is C24H28N4O4. The van der Waals surface area contributed by atoms with E-state index in [0.29, 0.717) is 24.5 Å². The first kappa shape index (κ1) is 21.7. The van der Waals surface area contributed by atoms with Crippen molar-refractivity contribution < 1.29 is 19.1 Å². The number of nitrogens with one attached hydrogen (secondary N) is 2. The van der Waals surface area contributed by atoms with Gasteiger partial charge in [0, 0.05) is 18.9 Å². The Labute approximate surface area is 187 Å². The number of hydrogen-bond acceptors (Lipinski definition) is 6. The first-order chi connectivity index (χ1) is 15.5. The predicted octanol–water partition coefficient (Wildman–Crippen LogP) is 2.26. The summed E-state index contributed by atoms with van der Waals surface area (Å²) in [6, 6.07) is 13.3. The van der Waals surface area contributed by atoms with Crippen molar-refractivity contribution in [3.63, 3.8) is 0 Å². The second-order valence-electron chi connectivity index (χ2n) is 7.98. The van der Waals surface area contributed by atoms with Crippen LogP contribution >= 0.6 is 0 Å². The third-order valence-corrected chi connectivity index (χ3v) is 5.81. The van der Waals surface area contributed by atoms with Gasteiger partial charge in [-0.05, 0) is 36.6 Å². The molecule has 0 spiro atoms. The summed E-state index contributed by atoms with van der Waals surface area (Å²) in [5, 5.41) is 4.69. The molecule has 2 unspecified atom stereocenters. The summed E-state index contributed by atoms with van der Waals surface area (Å²) in [6.07, 6.45) is 4.04. The number of carbonyl (C=O) groups excluding carboxylic acids is 2. The first-order valence-electron chi connectivity index (χ1n) is 10.6. The van der Waals surface area contributed by atoms with Crippen molar-refractivity contribution in [3.05, 3.63) is 71.6 Å². The third-order valence-electron chi connectivity index (χ3n) is 5.81. The molecule has 2 aliphatic rings. The van der Waals surface area contributed by atoms with E-state index in [9.17, 15) is 9.59 Å². The quantitative estimate of drug-likeness (QED) is 0.693. The van der Waals surface area contributed by atoms with Crippen LogP contribution in [0, 0.1) is 6.92 Å². The van der Waals surface area contributed by atoms with Gasteiger partial charge in [-0.3, -0.25) is 9.59 Å². The summed E-state index contributed by atoms with van der Waals surface area (Å²) < 4.78 is 10.7. The highest BCUT2D eigenvalue weighted by atomic mass is 16.5. The number of hydrazine groups is 1. The Morgan fingerprint density at radius 3 is 2.56 bits per heavy atom. The Hall–Kier alpha value is -3.52. The van der Waals surface area contributed by atoms with E-state index in [0.717, 1.165) is 11.1 Å². The second-order valence-corrected chi connectivity index (χ2v) is 7.98. The summed E-state index contributed by atoms with van der Waals surface area (Å²) in [6.45, 7) is 2.45. The monoisotopic (exact) mass is 436 g/mol. The van der Waals surface area contributed by atoms with E-state index in [-0.39, 0.29) is 30.4 Å². The van der Waals surface area contributed by atoms with Crippen LogP contribution in [0.25, 0.3) is 0 Å². The molecule has 8 nitrogen and oxygen atoms in total. The van der Waals surface area contributed by atoms with Gasteiger partial charge in [-0.1, -0.05) is 35.9 Å². The number of amides is 2. The number of benzene rings is 2. The molecule has 0 aliphatic carbocycles. The number of rotatable bonds is 7. The minimum Gasteiger partial charge on any atom is -0.493 e. The van der Waals surface area contributed by atoms with Gasteiger partial charge < -0.3 is 24.7 Å². The molecule has 0 bridgehead atoms. The standard InChI is InChI=1S/C24H28N4O4/c1-16-4-6-17(7-5-16)14-25-23(29)15-27-10-11-28-20(24(27)30)13-19(26-28)18-8-9-21(31-2)22(12-18)32-3/h4-12,19-20,26H,13-15H2,1-3H3,(H,25,29). The Bertz CT molecular complexity index is 1020. The average molecular weight is 437 g/mol. The van der Waals surface area contributed by atoms with E-state index >= 15 is 0 Å². The lowest BCUT2D eigenvalue weighted by molar-refractivity contribution is -0.138. The van der Waals surface area contributed by atoms with Gasteiger partial charge in [-0.25, -0.2) is 5.43 Å². The molecule has 0 aromatic heterocycles. The molecular weight excluding hydrogens is 408 g/mol.